The molecule has 0 atom stereocenters. The molecule has 0 aromatic heterocycles. The molecular formula is C14H22N2O2. The van der Waals surface area contributed by atoms with Crippen molar-refractivity contribution < 1.29 is 9.53 Å². The zero-order valence-corrected chi connectivity index (χ0v) is 11.4. The van der Waals surface area contributed by atoms with Crippen LogP contribution in [0.25, 0.3) is 0 Å². The summed E-state index contributed by atoms with van der Waals surface area (Å²) in [6, 6.07) is 7.78. The minimum Gasteiger partial charge on any atom is -0.449 e. The average molecular weight is 250 g/mol. The maximum absolute atomic E-state index is 11.4. The van der Waals surface area contributed by atoms with E-state index in [0.717, 1.165) is 30.9 Å². The van der Waals surface area contributed by atoms with Crippen molar-refractivity contribution >= 4 is 17.5 Å². The summed E-state index contributed by atoms with van der Waals surface area (Å²) in [6.07, 6.45) is 0.432. The van der Waals surface area contributed by atoms with Gasteiger partial charge in [-0.25, -0.2) is 4.79 Å². The van der Waals surface area contributed by atoms with Crippen LogP contribution in [0.2, 0.25) is 0 Å². The molecule has 1 amide bonds. The summed E-state index contributed by atoms with van der Waals surface area (Å²) in [5.74, 6) is 0. The number of nitrogens with one attached hydrogen (secondary N) is 1. The number of carbonyl (C=O) groups is 1. The van der Waals surface area contributed by atoms with E-state index in [1.807, 2.05) is 31.2 Å². The van der Waals surface area contributed by atoms with Crippen molar-refractivity contribution in [2.24, 2.45) is 0 Å². The Morgan fingerprint density at radius 1 is 1.17 bits per heavy atom. The van der Waals surface area contributed by atoms with Gasteiger partial charge in [-0.15, -0.1) is 0 Å². The molecule has 4 heteroatoms. The highest BCUT2D eigenvalue weighted by Crippen LogP contribution is 2.17. The molecule has 18 heavy (non-hydrogen) atoms. The van der Waals surface area contributed by atoms with Gasteiger partial charge in [0.05, 0.1) is 6.61 Å². The first kappa shape index (κ1) is 14.4. The molecule has 0 radical (unpaired) electrons. The standard InChI is InChI=1S/C14H22N2O2/c1-4-11-18-14(17)15-12-7-9-13(10-8-12)16(5-2)6-3/h7-10H,4-6,11H2,1-3H3,(H,15,17). The van der Waals surface area contributed by atoms with Gasteiger partial charge >= 0.3 is 6.09 Å². The summed E-state index contributed by atoms with van der Waals surface area (Å²) in [4.78, 5) is 13.6. The molecule has 0 aliphatic rings. The van der Waals surface area contributed by atoms with Crippen molar-refractivity contribution in [3.63, 3.8) is 0 Å². The first-order valence-electron chi connectivity index (χ1n) is 6.50. The fraction of sp³-hybridized carbons (Fsp3) is 0.500. The lowest BCUT2D eigenvalue weighted by molar-refractivity contribution is 0.161. The average Bonchev–Trinajstić information content (AvgIpc) is 2.40. The summed E-state index contributed by atoms with van der Waals surface area (Å²) < 4.78 is 4.95. The summed E-state index contributed by atoms with van der Waals surface area (Å²) >= 11 is 0. The number of ether oxygens (including phenoxy) is 1. The van der Waals surface area contributed by atoms with Crippen molar-refractivity contribution in [1.29, 1.82) is 0 Å². The van der Waals surface area contributed by atoms with Crippen LogP contribution in [-0.2, 0) is 4.74 Å². The lowest BCUT2D eigenvalue weighted by Crippen LogP contribution is -2.21. The molecule has 0 spiro atoms. The molecule has 0 heterocycles. The Kier molecular flexibility index (Phi) is 6.05. The van der Waals surface area contributed by atoms with E-state index in [0.29, 0.717) is 6.61 Å². The number of hydrogen-bond acceptors (Lipinski definition) is 3. The van der Waals surface area contributed by atoms with Gasteiger partial charge in [-0.05, 0) is 44.5 Å². The van der Waals surface area contributed by atoms with Gasteiger partial charge in [0, 0.05) is 24.5 Å². The van der Waals surface area contributed by atoms with Crippen LogP contribution >= 0.6 is 0 Å². The number of nitrogens with zero attached hydrogens (tertiary/aromatic N) is 1. The Morgan fingerprint density at radius 2 is 1.78 bits per heavy atom. The van der Waals surface area contributed by atoms with Crippen molar-refractivity contribution in [2.45, 2.75) is 27.2 Å². The molecule has 0 aliphatic carbocycles. The second-order valence-corrected chi connectivity index (χ2v) is 3.98. The Morgan fingerprint density at radius 3 is 2.28 bits per heavy atom. The summed E-state index contributed by atoms with van der Waals surface area (Å²) in [6.45, 7) is 8.61. The first-order chi connectivity index (χ1) is 8.71. The maximum Gasteiger partial charge on any atom is 0.411 e. The van der Waals surface area contributed by atoms with Gasteiger partial charge < -0.3 is 9.64 Å². The van der Waals surface area contributed by atoms with Crippen molar-refractivity contribution in [3.8, 4) is 0 Å². The molecule has 1 N–H and O–H groups in total. The van der Waals surface area contributed by atoms with Crippen LogP contribution in [0.4, 0.5) is 16.2 Å². The summed E-state index contributed by atoms with van der Waals surface area (Å²) in [5, 5.41) is 2.70. The number of benzene rings is 1. The third kappa shape index (κ3) is 4.28. The molecule has 1 rings (SSSR count). The number of hydrogen-bond donors (Lipinski definition) is 1. The second-order valence-electron chi connectivity index (χ2n) is 3.98. The molecular weight excluding hydrogens is 228 g/mol. The van der Waals surface area contributed by atoms with Gasteiger partial charge in [-0.3, -0.25) is 5.32 Å². The van der Waals surface area contributed by atoms with Crippen LogP contribution in [0.3, 0.4) is 0 Å². The van der Waals surface area contributed by atoms with Gasteiger partial charge in [-0.1, -0.05) is 6.92 Å². The highest BCUT2D eigenvalue weighted by molar-refractivity contribution is 5.84. The second kappa shape index (κ2) is 7.58. The molecule has 4 nitrogen and oxygen atoms in total. The monoisotopic (exact) mass is 250 g/mol. The number of carbonyl (C=O) groups excluding carboxylic acids is 1. The Balaban J connectivity index is 2.57. The van der Waals surface area contributed by atoms with E-state index < -0.39 is 6.09 Å². The zero-order chi connectivity index (χ0) is 13.4. The van der Waals surface area contributed by atoms with Gasteiger partial charge in [0.25, 0.3) is 0 Å². The highest BCUT2D eigenvalue weighted by atomic mass is 16.5. The fourth-order valence-electron chi connectivity index (χ4n) is 1.69. The predicted octanol–water partition coefficient (Wildman–Crippen LogP) is 3.49. The van der Waals surface area contributed by atoms with Crippen LogP contribution in [0.1, 0.15) is 27.2 Å². The number of rotatable bonds is 6. The zero-order valence-electron chi connectivity index (χ0n) is 11.4. The Bertz CT molecular complexity index is 359. The van der Waals surface area contributed by atoms with Crippen molar-refractivity contribution in [3.05, 3.63) is 24.3 Å². The lowest BCUT2D eigenvalue weighted by atomic mass is 10.2. The van der Waals surface area contributed by atoms with Gasteiger partial charge in [0.15, 0.2) is 0 Å². The SMILES string of the molecule is CCCOC(=O)Nc1ccc(N(CC)CC)cc1. The Labute approximate surface area is 109 Å². The van der Waals surface area contributed by atoms with Crippen molar-refractivity contribution in [2.75, 3.05) is 29.9 Å². The van der Waals surface area contributed by atoms with Gasteiger partial charge in [0.1, 0.15) is 0 Å². The van der Waals surface area contributed by atoms with Crippen LogP contribution in [0, 0.1) is 0 Å². The van der Waals surface area contributed by atoms with Gasteiger partial charge in [-0.2, -0.15) is 0 Å². The third-order valence-electron chi connectivity index (χ3n) is 2.68. The van der Waals surface area contributed by atoms with E-state index in [1.54, 1.807) is 0 Å². The molecule has 0 unspecified atom stereocenters. The molecule has 0 saturated carbocycles. The topological polar surface area (TPSA) is 41.6 Å². The highest BCUT2D eigenvalue weighted by Gasteiger charge is 2.04. The van der Waals surface area contributed by atoms with E-state index in [1.165, 1.54) is 0 Å². The molecule has 0 saturated heterocycles. The number of anilines is 2. The first-order valence-corrected chi connectivity index (χ1v) is 6.50. The molecule has 0 aliphatic heterocycles. The summed E-state index contributed by atoms with van der Waals surface area (Å²) in [5.41, 5.74) is 1.92. The minimum absolute atomic E-state index is 0.396. The molecule has 1 aromatic rings. The smallest absolute Gasteiger partial charge is 0.411 e. The fourth-order valence-corrected chi connectivity index (χ4v) is 1.69. The van der Waals surface area contributed by atoms with Crippen molar-refractivity contribution in [1.82, 2.24) is 0 Å². The predicted molar refractivity (Wildman–Crippen MR) is 75.3 cm³/mol. The largest absolute Gasteiger partial charge is 0.449 e. The normalized spacial score (nSPS) is 9.94. The van der Waals surface area contributed by atoms with Crippen LogP contribution in [0.15, 0.2) is 24.3 Å². The van der Waals surface area contributed by atoms with Crippen LogP contribution < -0.4 is 10.2 Å². The van der Waals surface area contributed by atoms with E-state index in [-0.39, 0.29) is 0 Å². The van der Waals surface area contributed by atoms with Crippen LogP contribution in [-0.4, -0.2) is 25.8 Å². The third-order valence-corrected chi connectivity index (χ3v) is 2.68. The van der Waals surface area contributed by atoms with Crippen LogP contribution in [0.5, 0.6) is 0 Å². The van der Waals surface area contributed by atoms with E-state index in [2.05, 4.69) is 24.1 Å². The van der Waals surface area contributed by atoms with E-state index in [9.17, 15) is 4.79 Å². The quantitative estimate of drug-likeness (QED) is 0.840. The molecule has 0 bridgehead atoms. The minimum atomic E-state index is -0.396. The molecule has 0 fully saturated rings. The Hall–Kier alpha value is -1.71. The molecule has 1 aromatic carbocycles. The van der Waals surface area contributed by atoms with E-state index >= 15 is 0 Å². The number of amides is 1. The maximum atomic E-state index is 11.4. The lowest BCUT2D eigenvalue weighted by Gasteiger charge is -2.21. The molecule has 100 valence electrons. The van der Waals surface area contributed by atoms with E-state index in [4.69, 9.17) is 4.74 Å². The summed E-state index contributed by atoms with van der Waals surface area (Å²) in [7, 11) is 0. The van der Waals surface area contributed by atoms with Gasteiger partial charge in [0.2, 0.25) is 0 Å².